The molecule has 242 valence electrons. The summed E-state index contributed by atoms with van der Waals surface area (Å²) in [5.74, 6) is -8.18. The lowest BCUT2D eigenvalue weighted by molar-refractivity contribution is -0.173. The molecule has 14 nitrogen and oxygen atoms in total. The Hall–Kier alpha value is -5.08. The number of ether oxygens (including phenoxy) is 4. The van der Waals surface area contributed by atoms with Gasteiger partial charge in [-0.25, -0.2) is 9.59 Å². The van der Waals surface area contributed by atoms with Gasteiger partial charge in [0.1, 0.15) is 57.9 Å². The maximum atomic E-state index is 13.2. The topological polar surface area (TPSA) is 227 Å². The summed E-state index contributed by atoms with van der Waals surface area (Å²) in [7, 11) is 2.04. The first-order valence-electron chi connectivity index (χ1n) is 14.3. The Morgan fingerprint density at radius 2 is 1.39 bits per heavy atom. The number of fused-ring (bicyclic) bond motifs is 4. The monoisotopic (exact) mass is 638 g/mol. The van der Waals surface area contributed by atoms with Crippen LogP contribution in [0.1, 0.15) is 42.9 Å². The third-order valence-electron chi connectivity index (χ3n) is 9.21. The van der Waals surface area contributed by atoms with Gasteiger partial charge in [0.25, 0.3) is 11.2 Å². The van der Waals surface area contributed by atoms with Crippen LogP contribution in [0.5, 0.6) is 23.0 Å². The highest BCUT2D eigenvalue weighted by atomic mass is 16.6. The quantitative estimate of drug-likeness (QED) is 0.264. The molecule has 6 rings (SSSR count). The smallest absolute Gasteiger partial charge is 0.358 e. The first-order valence-corrected chi connectivity index (χ1v) is 14.3. The number of phenolic OH excluding ortho intramolecular Hbond substituents is 2. The van der Waals surface area contributed by atoms with Gasteiger partial charge in [-0.1, -0.05) is 6.92 Å². The zero-order valence-corrected chi connectivity index (χ0v) is 25.0. The molecule has 2 aromatic carbocycles. The number of carbonyl (C=O) groups excluding carboxylic acids is 4. The molecule has 2 aliphatic heterocycles. The number of esters is 2. The summed E-state index contributed by atoms with van der Waals surface area (Å²) < 4.78 is 21.5. The van der Waals surface area contributed by atoms with E-state index < -0.39 is 98.1 Å². The molecule has 0 unspecified atom stereocenters. The van der Waals surface area contributed by atoms with Crippen LogP contribution in [-0.2, 0) is 28.7 Å². The molecule has 2 saturated carbocycles. The van der Waals surface area contributed by atoms with E-state index in [0.717, 1.165) is 14.2 Å². The number of rotatable bonds is 3. The molecule has 0 amide bonds. The summed E-state index contributed by atoms with van der Waals surface area (Å²) in [5.41, 5.74) is -6.94. The number of methoxy groups -OCH3 is 2. The first kappa shape index (κ1) is 30.9. The highest BCUT2D eigenvalue weighted by molar-refractivity contribution is 6.14. The minimum Gasteiger partial charge on any atom is -0.506 e. The molecule has 0 spiro atoms. The number of aliphatic hydroxyl groups excluding tert-OH is 4. The van der Waals surface area contributed by atoms with Gasteiger partial charge < -0.3 is 49.6 Å². The van der Waals surface area contributed by atoms with Crippen molar-refractivity contribution in [2.45, 2.75) is 56.5 Å². The molecular weight excluding hydrogens is 608 g/mol. The molecule has 14 heteroatoms. The fourth-order valence-corrected chi connectivity index (χ4v) is 7.03. The van der Waals surface area contributed by atoms with Crippen LogP contribution < -0.4 is 9.47 Å². The van der Waals surface area contributed by atoms with Crippen molar-refractivity contribution in [3.63, 3.8) is 0 Å². The maximum absolute atomic E-state index is 13.2. The first-order chi connectivity index (χ1) is 21.7. The van der Waals surface area contributed by atoms with E-state index in [1.54, 1.807) is 0 Å². The van der Waals surface area contributed by atoms with E-state index in [0.29, 0.717) is 0 Å². The van der Waals surface area contributed by atoms with Crippen LogP contribution in [0.2, 0.25) is 0 Å². The van der Waals surface area contributed by atoms with Crippen molar-refractivity contribution in [2.75, 3.05) is 14.2 Å². The Morgan fingerprint density at radius 3 is 2.02 bits per heavy atom. The SMILES string of the molecule is COC(=O)[C@@]12Oc3cc(C)c(-c4ccc5c(c4O)C(O)=C4C(=O)C[C@H](C)[C@H](O)[C@]4(C(=O)OC)O5)c(O)c3C(O)=C1C(=O)CC[C@H]2O. The van der Waals surface area contributed by atoms with E-state index >= 15 is 0 Å². The fourth-order valence-electron chi connectivity index (χ4n) is 7.03. The van der Waals surface area contributed by atoms with Gasteiger partial charge >= 0.3 is 11.9 Å². The minimum atomic E-state index is -2.42. The number of benzene rings is 2. The van der Waals surface area contributed by atoms with Crippen molar-refractivity contribution in [3.05, 3.63) is 46.0 Å². The third-order valence-corrected chi connectivity index (χ3v) is 9.21. The molecule has 5 atom stereocenters. The lowest BCUT2D eigenvalue weighted by Crippen LogP contribution is -2.64. The second-order valence-electron chi connectivity index (χ2n) is 11.8. The van der Waals surface area contributed by atoms with Crippen molar-refractivity contribution in [3.8, 4) is 34.1 Å². The highest BCUT2D eigenvalue weighted by Gasteiger charge is 2.63. The molecule has 2 fully saturated rings. The van der Waals surface area contributed by atoms with Gasteiger partial charge in [0.05, 0.1) is 25.4 Å². The van der Waals surface area contributed by atoms with Crippen LogP contribution in [0.25, 0.3) is 22.6 Å². The average Bonchev–Trinajstić information content (AvgIpc) is 3.01. The summed E-state index contributed by atoms with van der Waals surface area (Å²) >= 11 is 0. The molecule has 0 radical (unpaired) electrons. The van der Waals surface area contributed by atoms with Crippen molar-refractivity contribution < 1.29 is 68.8 Å². The fraction of sp³-hybridized carbons (Fsp3) is 0.375. The van der Waals surface area contributed by atoms with E-state index in [2.05, 4.69) is 0 Å². The Labute approximate surface area is 260 Å². The number of phenols is 2. The molecule has 0 saturated heterocycles. The summed E-state index contributed by atoms with van der Waals surface area (Å²) in [6, 6.07) is 3.79. The lowest BCUT2D eigenvalue weighted by atomic mass is 9.69. The van der Waals surface area contributed by atoms with E-state index in [9.17, 15) is 49.8 Å². The van der Waals surface area contributed by atoms with Crippen molar-refractivity contribution in [1.82, 2.24) is 0 Å². The lowest BCUT2D eigenvalue weighted by Gasteiger charge is -2.45. The number of hydrogen-bond donors (Lipinski definition) is 6. The number of carbonyl (C=O) groups is 4. The van der Waals surface area contributed by atoms with Crippen molar-refractivity contribution >= 4 is 35.0 Å². The molecule has 0 bridgehead atoms. The number of hydrogen-bond acceptors (Lipinski definition) is 14. The van der Waals surface area contributed by atoms with Crippen LogP contribution in [0, 0.1) is 12.8 Å². The predicted octanol–water partition coefficient (Wildman–Crippen LogP) is 1.91. The van der Waals surface area contributed by atoms with Gasteiger partial charge in [0, 0.05) is 24.0 Å². The van der Waals surface area contributed by atoms with Gasteiger partial charge in [-0.2, -0.15) is 0 Å². The maximum Gasteiger partial charge on any atom is 0.358 e. The average molecular weight is 639 g/mol. The van der Waals surface area contributed by atoms with Gasteiger partial charge in [-0.3, -0.25) is 9.59 Å². The summed E-state index contributed by atoms with van der Waals surface area (Å²) in [5, 5.41) is 67.8. The van der Waals surface area contributed by atoms with E-state index in [-0.39, 0.29) is 47.5 Å². The normalized spacial score (nSPS) is 28.3. The van der Waals surface area contributed by atoms with Crippen molar-refractivity contribution in [1.29, 1.82) is 0 Å². The van der Waals surface area contributed by atoms with Crippen LogP contribution in [0.15, 0.2) is 29.3 Å². The Kier molecular flexibility index (Phi) is 6.87. The summed E-state index contributed by atoms with van der Waals surface area (Å²) in [4.78, 5) is 52.2. The van der Waals surface area contributed by atoms with E-state index in [4.69, 9.17) is 18.9 Å². The van der Waals surface area contributed by atoms with E-state index in [1.165, 1.54) is 32.0 Å². The molecule has 2 heterocycles. The molecule has 2 aromatic rings. The second kappa shape index (κ2) is 10.2. The van der Waals surface area contributed by atoms with Gasteiger partial charge in [-0.15, -0.1) is 0 Å². The molecule has 46 heavy (non-hydrogen) atoms. The number of ketones is 2. The zero-order valence-electron chi connectivity index (χ0n) is 25.0. The number of aryl methyl sites for hydroxylation is 1. The van der Waals surface area contributed by atoms with Crippen LogP contribution in [0.4, 0.5) is 0 Å². The zero-order chi connectivity index (χ0) is 33.6. The predicted molar refractivity (Wildman–Crippen MR) is 155 cm³/mol. The summed E-state index contributed by atoms with van der Waals surface area (Å²) in [6.07, 6.45) is -3.84. The van der Waals surface area contributed by atoms with Gasteiger partial charge in [0.15, 0.2) is 11.6 Å². The summed E-state index contributed by atoms with van der Waals surface area (Å²) in [6.45, 7) is 3.01. The van der Waals surface area contributed by atoms with Crippen molar-refractivity contribution in [2.24, 2.45) is 5.92 Å². The van der Waals surface area contributed by atoms with E-state index in [1.807, 2.05) is 0 Å². The molecule has 6 N–H and O–H groups in total. The standard InChI is InChI=1S/C32H30O14/c1-11-10-17-21(27(39)22-14(33)6-8-18(35)31(22,46-17)29(41)43-3)25(37)19(11)13-5-7-16-20(24(13)36)26(38)23-15(34)9-12(2)28(40)32(23,45-16)30(42)44-4/h5,7,10,12,18,28,35-40H,6,8-9H2,1-4H3/t12-,18+,28-,31-,32+/m0/s1. The van der Waals surface area contributed by atoms with Crippen LogP contribution in [-0.4, -0.2) is 91.8 Å². The molecule has 2 aliphatic carbocycles. The molecular formula is C32H30O14. The Bertz CT molecular complexity index is 1840. The number of aromatic hydroxyl groups is 2. The Balaban J connectivity index is 1.58. The Morgan fingerprint density at radius 1 is 0.826 bits per heavy atom. The molecule has 0 aromatic heterocycles. The number of Topliss-reactive ketones (excluding diaryl/α,β-unsaturated/α-hetero) is 2. The largest absolute Gasteiger partial charge is 0.506 e. The second-order valence-corrected chi connectivity index (χ2v) is 11.8. The van der Waals surface area contributed by atoms with Gasteiger partial charge in [-0.05, 0) is 43.0 Å². The van der Waals surface area contributed by atoms with Gasteiger partial charge in [0.2, 0.25) is 0 Å². The van der Waals surface area contributed by atoms with Crippen LogP contribution in [0.3, 0.4) is 0 Å². The third kappa shape index (κ3) is 3.70. The minimum absolute atomic E-state index is 0.115. The molecule has 4 aliphatic rings. The van der Waals surface area contributed by atoms with Crippen LogP contribution >= 0.6 is 0 Å². The number of aliphatic hydroxyl groups is 4. The highest BCUT2D eigenvalue weighted by Crippen LogP contribution is 2.56.